The first-order valence-electron chi connectivity index (χ1n) is 8.49. The van der Waals surface area contributed by atoms with Gasteiger partial charge in [-0.25, -0.2) is 9.18 Å². The summed E-state index contributed by atoms with van der Waals surface area (Å²) in [5.74, 6) is -1.16. The van der Waals surface area contributed by atoms with Gasteiger partial charge in [-0.2, -0.15) is 0 Å². The van der Waals surface area contributed by atoms with Gasteiger partial charge in [0.15, 0.2) is 11.5 Å². The van der Waals surface area contributed by atoms with Gasteiger partial charge in [-0.05, 0) is 50.1 Å². The number of carbonyl (C=O) groups excluding carboxylic acids is 1. The van der Waals surface area contributed by atoms with Crippen molar-refractivity contribution in [3.8, 4) is 0 Å². The number of halogens is 1. The van der Waals surface area contributed by atoms with Gasteiger partial charge in [-0.3, -0.25) is 0 Å². The van der Waals surface area contributed by atoms with Gasteiger partial charge < -0.3 is 14.7 Å². The molecule has 0 atom stereocenters. The number of aliphatic hydroxyl groups excluding tert-OH is 1. The van der Waals surface area contributed by atoms with E-state index in [2.05, 4.69) is 0 Å². The van der Waals surface area contributed by atoms with Crippen LogP contribution in [-0.2, 0) is 22.6 Å². The number of aliphatic hydroxyl groups is 1. The summed E-state index contributed by atoms with van der Waals surface area (Å²) < 4.78 is 19.1. The lowest BCUT2D eigenvalue weighted by atomic mass is 9.98. The minimum absolute atomic E-state index is 0.0999. The largest absolute Gasteiger partial charge is 0.505 e. The fourth-order valence-corrected chi connectivity index (χ4v) is 2.98. The van der Waals surface area contributed by atoms with Crippen molar-refractivity contribution in [1.82, 2.24) is 4.90 Å². The van der Waals surface area contributed by atoms with Gasteiger partial charge in [-0.1, -0.05) is 30.3 Å². The van der Waals surface area contributed by atoms with Crippen LogP contribution in [0.1, 0.15) is 37.5 Å². The van der Waals surface area contributed by atoms with Crippen LogP contribution in [0.15, 0.2) is 54.2 Å². The monoisotopic (exact) mass is 355 g/mol. The molecule has 0 amide bonds. The van der Waals surface area contributed by atoms with Crippen molar-refractivity contribution in [2.24, 2.45) is 0 Å². The van der Waals surface area contributed by atoms with E-state index in [1.807, 2.05) is 30.3 Å². The van der Waals surface area contributed by atoms with Crippen LogP contribution in [0.4, 0.5) is 4.39 Å². The molecule has 1 aliphatic heterocycles. The summed E-state index contributed by atoms with van der Waals surface area (Å²) in [7, 11) is 0. The molecule has 0 aliphatic carbocycles. The standard InChI is InChI=1S/C21H22FNO3/c1-21(2,3)26-20(25)18-19(24)17-10-9-16(22)11-15(17)13-23(18)12-14-7-5-4-6-8-14/h4-11,24H,12-13H2,1-3H3. The molecule has 0 fully saturated rings. The van der Waals surface area contributed by atoms with E-state index in [9.17, 15) is 14.3 Å². The van der Waals surface area contributed by atoms with Crippen LogP contribution < -0.4 is 0 Å². The fraction of sp³-hybridized carbons (Fsp3) is 0.286. The van der Waals surface area contributed by atoms with Gasteiger partial charge in [0, 0.05) is 18.7 Å². The zero-order valence-electron chi connectivity index (χ0n) is 15.1. The van der Waals surface area contributed by atoms with Crippen LogP contribution in [0, 0.1) is 5.82 Å². The minimum atomic E-state index is -0.689. The molecule has 0 spiro atoms. The van der Waals surface area contributed by atoms with Crippen molar-refractivity contribution in [2.75, 3.05) is 0 Å². The van der Waals surface area contributed by atoms with E-state index in [0.717, 1.165) is 5.56 Å². The summed E-state index contributed by atoms with van der Waals surface area (Å²) >= 11 is 0. The number of ether oxygens (including phenoxy) is 1. The first-order chi connectivity index (χ1) is 12.2. The van der Waals surface area contributed by atoms with Crippen molar-refractivity contribution in [2.45, 2.75) is 39.5 Å². The Labute approximate surface area is 152 Å². The average molecular weight is 355 g/mol. The number of benzene rings is 2. The van der Waals surface area contributed by atoms with Gasteiger partial charge in [0.25, 0.3) is 0 Å². The maximum atomic E-state index is 13.6. The van der Waals surface area contributed by atoms with Crippen LogP contribution in [0.25, 0.3) is 5.76 Å². The summed E-state index contributed by atoms with van der Waals surface area (Å²) in [6.45, 7) is 6.03. The number of fused-ring (bicyclic) bond motifs is 1. The topological polar surface area (TPSA) is 49.8 Å². The van der Waals surface area contributed by atoms with Crippen LogP contribution in [0.3, 0.4) is 0 Å². The molecule has 2 aromatic carbocycles. The summed E-state index contributed by atoms with van der Waals surface area (Å²) in [6.07, 6.45) is 0. The molecule has 2 aromatic rings. The van der Waals surface area contributed by atoms with Crippen molar-refractivity contribution in [3.05, 3.63) is 76.7 Å². The highest BCUT2D eigenvalue weighted by molar-refractivity contribution is 5.96. The first-order valence-corrected chi connectivity index (χ1v) is 8.49. The number of esters is 1. The van der Waals surface area contributed by atoms with Gasteiger partial charge in [0.2, 0.25) is 0 Å². The Hall–Kier alpha value is -2.82. The van der Waals surface area contributed by atoms with Crippen LogP contribution in [0.5, 0.6) is 0 Å². The number of carbonyl (C=O) groups is 1. The normalized spacial score (nSPS) is 14.2. The molecule has 0 saturated heterocycles. The zero-order chi connectivity index (χ0) is 18.9. The molecular formula is C21H22FNO3. The Kier molecular flexibility index (Phi) is 4.72. The third kappa shape index (κ3) is 3.87. The molecule has 0 saturated carbocycles. The SMILES string of the molecule is CC(C)(C)OC(=O)C1=C(O)c2ccc(F)cc2CN1Cc1ccccc1. The van der Waals surface area contributed by atoms with E-state index in [0.29, 0.717) is 24.2 Å². The summed E-state index contributed by atoms with van der Waals surface area (Å²) in [4.78, 5) is 14.5. The Bertz CT molecular complexity index is 853. The number of rotatable bonds is 3. The molecule has 1 aliphatic rings. The van der Waals surface area contributed by atoms with E-state index in [1.54, 1.807) is 25.7 Å². The third-order valence-corrected chi connectivity index (χ3v) is 4.03. The van der Waals surface area contributed by atoms with Gasteiger partial charge in [0.1, 0.15) is 11.4 Å². The van der Waals surface area contributed by atoms with E-state index >= 15 is 0 Å². The Morgan fingerprint density at radius 2 is 1.88 bits per heavy atom. The average Bonchev–Trinajstić information content (AvgIpc) is 2.53. The second kappa shape index (κ2) is 6.83. The molecule has 3 rings (SSSR count). The Morgan fingerprint density at radius 1 is 1.19 bits per heavy atom. The van der Waals surface area contributed by atoms with Gasteiger partial charge in [-0.15, -0.1) is 0 Å². The van der Waals surface area contributed by atoms with E-state index < -0.39 is 11.6 Å². The predicted octanol–water partition coefficient (Wildman–Crippen LogP) is 4.41. The Morgan fingerprint density at radius 3 is 2.54 bits per heavy atom. The molecule has 1 heterocycles. The fourth-order valence-electron chi connectivity index (χ4n) is 2.98. The van der Waals surface area contributed by atoms with Crippen molar-refractivity contribution >= 4 is 11.7 Å². The lowest BCUT2D eigenvalue weighted by Crippen LogP contribution is -2.35. The lowest BCUT2D eigenvalue weighted by Gasteiger charge is -2.33. The molecular weight excluding hydrogens is 333 g/mol. The second-order valence-electron chi connectivity index (χ2n) is 7.34. The van der Waals surface area contributed by atoms with E-state index in [4.69, 9.17) is 4.74 Å². The van der Waals surface area contributed by atoms with Gasteiger partial charge in [0.05, 0.1) is 0 Å². The summed E-state index contributed by atoms with van der Waals surface area (Å²) in [5, 5.41) is 10.7. The maximum Gasteiger partial charge on any atom is 0.359 e. The molecule has 0 aromatic heterocycles. The quantitative estimate of drug-likeness (QED) is 0.829. The van der Waals surface area contributed by atoms with Crippen molar-refractivity contribution < 1.29 is 19.0 Å². The minimum Gasteiger partial charge on any atom is -0.505 e. The third-order valence-electron chi connectivity index (χ3n) is 4.03. The van der Waals surface area contributed by atoms with Gasteiger partial charge >= 0.3 is 5.97 Å². The molecule has 136 valence electrons. The molecule has 5 heteroatoms. The van der Waals surface area contributed by atoms with Crippen LogP contribution in [-0.4, -0.2) is 21.6 Å². The molecule has 1 N–H and O–H groups in total. The second-order valence-corrected chi connectivity index (χ2v) is 7.34. The summed E-state index contributed by atoms with van der Waals surface area (Å²) in [5.41, 5.74) is 1.47. The molecule has 26 heavy (non-hydrogen) atoms. The molecule has 4 nitrogen and oxygen atoms in total. The maximum absolute atomic E-state index is 13.6. The van der Waals surface area contributed by atoms with Crippen molar-refractivity contribution in [1.29, 1.82) is 0 Å². The molecule has 0 unspecified atom stereocenters. The van der Waals surface area contributed by atoms with Crippen molar-refractivity contribution in [3.63, 3.8) is 0 Å². The highest BCUT2D eigenvalue weighted by atomic mass is 19.1. The van der Waals surface area contributed by atoms with Crippen LogP contribution in [0.2, 0.25) is 0 Å². The highest BCUT2D eigenvalue weighted by Crippen LogP contribution is 2.33. The van der Waals surface area contributed by atoms with Crippen LogP contribution >= 0.6 is 0 Å². The number of hydrogen-bond donors (Lipinski definition) is 1. The number of nitrogens with zero attached hydrogens (tertiary/aromatic N) is 1. The summed E-state index contributed by atoms with van der Waals surface area (Å²) in [6, 6.07) is 13.7. The first kappa shape index (κ1) is 18.0. The molecule has 0 radical (unpaired) electrons. The Balaban J connectivity index is 2.03. The smallest absolute Gasteiger partial charge is 0.359 e. The van der Waals surface area contributed by atoms with E-state index in [-0.39, 0.29) is 17.3 Å². The number of hydrogen-bond acceptors (Lipinski definition) is 4. The lowest BCUT2D eigenvalue weighted by molar-refractivity contribution is -0.152. The predicted molar refractivity (Wildman–Crippen MR) is 97.5 cm³/mol. The highest BCUT2D eigenvalue weighted by Gasteiger charge is 2.33. The zero-order valence-corrected chi connectivity index (χ0v) is 15.1. The van der Waals surface area contributed by atoms with E-state index in [1.165, 1.54) is 18.2 Å². The molecule has 0 bridgehead atoms.